The van der Waals surface area contributed by atoms with Crippen molar-refractivity contribution in [3.8, 4) is 11.8 Å². The molecule has 0 unspecified atom stereocenters. The number of nitrogens with one attached hydrogen (secondary N) is 1. The highest BCUT2D eigenvalue weighted by Crippen LogP contribution is 2.20. The van der Waals surface area contributed by atoms with Crippen LogP contribution in [0.15, 0.2) is 42.5 Å². The zero-order chi connectivity index (χ0) is 17.5. The lowest BCUT2D eigenvalue weighted by Gasteiger charge is -2.09. The number of nitrogens with zero attached hydrogens (tertiary/aromatic N) is 1. The maximum atomic E-state index is 11.9. The summed E-state index contributed by atoms with van der Waals surface area (Å²) in [5.74, 6) is -0.526. The second-order valence-electron chi connectivity index (χ2n) is 4.66. The topological polar surface area (TPSA) is 88.4 Å². The van der Waals surface area contributed by atoms with Crippen molar-refractivity contribution in [3.63, 3.8) is 0 Å². The standard InChI is InChI=1S/C17H13ClN2O4/c1-23-17(22)11-3-2-4-14(7-11)24-10-16(21)20-13-6-5-12(9-19)15(18)8-13/h2-8H,10H2,1H3,(H,20,21). The molecule has 2 rings (SSSR count). The molecule has 1 amide bonds. The first-order valence-corrected chi connectivity index (χ1v) is 7.22. The first-order valence-electron chi connectivity index (χ1n) is 6.84. The summed E-state index contributed by atoms with van der Waals surface area (Å²) in [5.41, 5.74) is 1.11. The van der Waals surface area contributed by atoms with Gasteiger partial charge in [0.2, 0.25) is 0 Å². The maximum absolute atomic E-state index is 11.9. The molecule has 0 atom stereocenters. The van der Waals surface area contributed by atoms with Crippen LogP contribution < -0.4 is 10.1 Å². The SMILES string of the molecule is COC(=O)c1cccc(OCC(=O)Nc2ccc(C#N)c(Cl)c2)c1. The van der Waals surface area contributed by atoms with Gasteiger partial charge in [0, 0.05) is 5.69 Å². The molecule has 1 N–H and O–H groups in total. The van der Waals surface area contributed by atoms with E-state index in [0.717, 1.165) is 0 Å². The summed E-state index contributed by atoms with van der Waals surface area (Å²) in [6.45, 7) is -0.248. The maximum Gasteiger partial charge on any atom is 0.337 e. The fraction of sp³-hybridized carbons (Fsp3) is 0.118. The van der Waals surface area contributed by atoms with E-state index in [1.54, 1.807) is 24.3 Å². The van der Waals surface area contributed by atoms with Crippen molar-refractivity contribution in [2.45, 2.75) is 0 Å². The van der Waals surface area contributed by atoms with Crippen molar-refractivity contribution in [1.82, 2.24) is 0 Å². The Balaban J connectivity index is 1.95. The molecule has 24 heavy (non-hydrogen) atoms. The van der Waals surface area contributed by atoms with Gasteiger partial charge < -0.3 is 14.8 Å². The summed E-state index contributed by atoms with van der Waals surface area (Å²) >= 11 is 5.90. The average molecular weight is 345 g/mol. The Bertz CT molecular complexity index is 814. The molecule has 0 saturated heterocycles. The molecule has 0 bridgehead atoms. The van der Waals surface area contributed by atoms with Gasteiger partial charge in [0.05, 0.1) is 23.3 Å². The molecule has 122 valence electrons. The Labute approximate surface area is 143 Å². The molecule has 0 fully saturated rings. The van der Waals surface area contributed by atoms with Gasteiger partial charge in [-0.3, -0.25) is 4.79 Å². The molecule has 0 radical (unpaired) electrons. The zero-order valence-electron chi connectivity index (χ0n) is 12.7. The van der Waals surface area contributed by atoms with Crippen LogP contribution in [0.2, 0.25) is 5.02 Å². The normalized spacial score (nSPS) is 9.71. The first kappa shape index (κ1) is 17.3. The van der Waals surface area contributed by atoms with E-state index in [-0.39, 0.29) is 11.6 Å². The van der Waals surface area contributed by atoms with Crippen LogP contribution >= 0.6 is 11.6 Å². The predicted molar refractivity (Wildman–Crippen MR) is 88.1 cm³/mol. The number of amides is 1. The number of anilines is 1. The molecule has 6 nitrogen and oxygen atoms in total. The first-order chi connectivity index (χ1) is 11.5. The van der Waals surface area contributed by atoms with Crippen LogP contribution in [-0.4, -0.2) is 25.6 Å². The van der Waals surface area contributed by atoms with E-state index in [4.69, 9.17) is 21.6 Å². The highest BCUT2D eigenvalue weighted by atomic mass is 35.5. The lowest BCUT2D eigenvalue weighted by Crippen LogP contribution is -2.20. The third-order valence-corrected chi connectivity index (χ3v) is 3.31. The van der Waals surface area contributed by atoms with Crippen molar-refractivity contribution < 1.29 is 19.1 Å². The van der Waals surface area contributed by atoms with Crippen LogP contribution in [0.5, 0.6) is 5.75 Å². The Hall–Kier alpha value is -3.04. The van der Waals surface area contributed by atoms with E-state index < -0.39 is 11.9 Å². The minimum atomic E-state index is -0.489. The second-order valence-corrected chi connectivity index (χ2v) is 5.07. The number of hydrogen-bond donors (Lipinski definition) is 1. The van der Waals surface area contributed by atoms with E-state index in [1.807, 2.05) is 6.07 Å². The third kappa shape index (κ3) is 4.48. The van der Waals surface area contributed by atoms with Crippen LogP contribution in [-0.2, 0) is 9.53 Å². The summed E-state index contributed by atoms with van der Waals surface area (Å²) < 4.78 is 9.96. The molecular formula is C17H13ClN2O4. The van der Waals surface area contributed by atoms with Gasteiger partial charge in [-0.2, -0.15) is 5.26 Å². The highest BCUT2D eigenvalue weighted by molar-refractivity contribution is 6.32. The predicted octanol–water partition coefficient (Wildman–Crippen LogP) is 3.02. The smallest absolute Gasteiger partial charge is 0.337 e. The monoisotopic (exact) mass is 344 g/mol. The van der Waals surface area contributed by atoms with Crippen LogP contribution in [0.1, 0.15) is 15.9 Å². The average Bonchev–Trinajstić information content (AvgIpc) is 2.59. The van der Waals surface area contributed by atoms with Crippen molar-refractivity contribution in [1.29, 1.82) is 5.26 Å². The molecule has 0 aliphatic heterocycles. The van der Waals surface area contributed by atoms with Gasteiger partial charge in [-0.05, 0) is 36.4 Å². The Kier molecular flexibility index (Phi) is 5.77. The van der Waals surface area contributed by atoms with E-state index >= 15 is 0 Å². The molecule has 0 saturated carbocycles. The number of methoxy groups -OCH3 is 1. The Morgan fingerprint density at radius 1 is 1.25 bits per heavy atom. The second kappa shape index (κ2) is 7.99. The number of hydrogen-bond acceptors (Lipinski definition) is 5. The van der Waals surface area contributed by atoms with Gasteiger partial charge in [0.25, 0.3) is 5.91 Å². The number of rotatable bonds is 5. The Morgan fingerprint density at radius 2 is 2.04 bits per heavy atom. The molecule has 0 aliphatic carbocycles. The lowest BCUT2D eigenvalue weighted by atomic mass is 10.2. The van der Waals surface area contributed by atoms with Gasteiger partial charge in [0.1, 0.15) is 11.8 Å². The van der Waals surface area contributed by atoms with Gasteiger partial charge in [-0.1, -0.05) is 17.7 Å². The van der Waals surface area contributed by atoms with Crippen molar-refractivity contribution in [3.05, 3.63) is 58.6 Å². The van der Waals surface area contributed by atoms with Gasteiger partial charge in [-0.15, -0.1) is 0 Å². The lowest BCUT2D eigenvalue weighted by molar-refractivity contribution is -0.118. The Morgan fingerprint density at radius 3 is 2.71 bits per heavy atom. The number of ether oxygens (including phenoxy) is 2. The third-order valence-electron chi connectivity index (χ3n) is 3.00. The summed E-state index contributed by atoms with van der Waals surface area (Å²) in [7, 11) is 1.28. The fourth-order valence-electron chi connectivity index (χ4n) is 1.86. The highest BCUT2D eigenvalue weighted by Gasteiger charge is 2.09. The van der Waals surface area contributed by atoms with E-state index in [1.165, 1.54) is 25.3 Å². The molecular weight excluding hydrogens is 332 g/mol. The molecule has 0 aliphatic rings. The summed E-state index contributed by atoms with van der Waals surface area (Å²) in [6, 6.07) is 12.8. The molecule has 0 aromatic heterocycles. The zero-order valence-corrected chi connectivity index (χ0v) is 13.5. The molecule has 2 aromatic carbocycles. The van der Waals surface area contributed by atoms with Crippen molar-refractivity contribution >= 4 is 29.2 Å². The van der Waals surface area contributed by atoms with Crippen LogP contribution in [0.4, 0.5) is 5.69 Å². The number of carbonyl (C=O) groups excluding carboxylic acids is 2. The number of nitriles is 1. The minimum absolute atomic E-state index is 0.248. The van der Waals surface area contributed by atoms with Crippen molar-refractivity contribution in [2.24, 2.45) is 0 Å². The van der Waals surface area contributed by atoms with Gasteiger partial charge in [-0.25, -0.2) is 4.79 Å². The summed E-state index contributed by atoms with van der Waals surface area (Å²) in [5, 5.41) is 11.7. The fourth-order valence-corrected chi connectivity index (χ4v) is 2.08. The van der Waals surface area contributed by atoms with Gasteiger partial charge in [0.15, 0.2) is 6.61 Å². The quantitative estimate of drug-likeness (QED) is 0.842. The molecule has 2 aromatic rings. The van der Waals surface area contributed by atoms with E-state index in [9.17, 15) is 9.59 Å². The largest absolute Gasteiger partial charge is 0.484 e. The summed E-state index contributed by atoms with van der Waals surface area (Å²) in [6.07, 6.45) is 0. The van der Waals surface area contributed by atoms with E-state index in [2.05, 4.69) is 10.1 Å². The van der Waals surface area contributed by atoms with Crippen LogP contribution in [0.3, 0.4) is 0 Å². The van der Waals surface area contributed by atoms with E-state index in [0.29, 0.717) is 22.6 Å². The number of esters is 1. The number of halogens is 1. The molecule has 7 heteroatoms. The summed E-state index contributed by atoms with van der Waals surface area (Å²) in [4.78, 5) is 23.3. The number of benzene rings is 2. The van der Waals surface area contributed by atoms with Crippen LogP contribution in [0.25, 0.3) is 0 Å². The number of carbonyl (C=O) groups is 2. The minimum Gasteiger partial charge on any atom is -0.484 e. The van der Waals surface area contributed by atoms with Crippen molar-refractivity contribution in [2.75, 3.05) is 19.0 Å². The van der Waals surface area contributed by atoms with Gasteiger partial charge >= 0.3 is 5.97 Å². The molecule has 0 spiro atoms. The van der Waals surface area contributed by atoms with Crippen LogP contribution in [0, 0.1) is 11.3 Å². The molecule has 0 heterocycles.